The lowest BCUT2D eigenvalue weighted by molar-refractivity contribution is -0.132. The number of thioether (sulfide) groups is 1. The number of rotatable bonds is 7. The Bertz CT molecular complexity index is 802. The second-order valence-electron chi connectivity index (χ2n) is 7.05. The Balaban J connectivity index is 1.74. The van der Waals surface area contributed by atoms with Crippen LogP contribution in [-0.2, 0) is 9.59 Å². The second kappa shape index (κ2) is 9.73. The van der Waals surface area contributed by atoms with Crippen molar-refractivity contribution in [2.75, 3.05) is 26.4 Å². The first-order valence-corrected chi connectivity index (χ1v) is 10.7. The number of carbonyl (C=O) groups excluding carboxylic acids is 2. The molecule has 0 saturated heterocycles. The molecule has 1 fully saturated rings. The van der Waals surface area contributed by atoms with Crippen LogP contribution >= 0.6 is 11.8 Å². The summed E-state index contributed by atoms with van der Waals surface area (Å²) in [4.78, 5) is 29.9. The number of hydrogen-bond donors (Lipinski definition) is 1. The van der Waals surface area contributed by atoms with Crippen molar-refractivity contribution in [1.29, 1.82) is 0 Å². The molecule has 2 aromatic rings. The Morgan fingerprint density at radius 1 is 1.21 bits per heavy atom. The monoisotopic (exact) mass is 401 g/mol. The van der Waals surface area contributed by atoms with Gasteiger partial charge in [0.15, 0.2) is 0 Å². The lowest BCUT2D eigenvalue weighted by Crippen LogP contribution is -2.37. The number of para-hydroxylation sites is 1. The topological polar surface area (TPSA) is 80.1 Å². The standard InChI is InChI=1S/C20H27N5O2S/c1-21-17(26)13-24(2)18(27)14-28-20-22-19(15-9-5-3-6-10-15)25(23-20)16-11-7-4-8-12-16/h4,7-8,11-12,15H,3,5-6,9-10,13-14H2,1-2H3,(H,21,26). The van der Waals surface area contributed by atoms with Crippen LogP contribution in [0.1, 0.15) is 43.8 Å². The van der Waals surface area contributed by atoms with E-state index in [0.717, 1.165) is 24.4 Å². The molecule has 3 rings (SSSR count). The van der Waals surface area contributed by atoms with Gasteiger partial charge in [-0.05, 0) is 25.0 Å². The maximum Gasteiger partial charge on any atom is 0.239 e. The van der Waals surface area contributed by atoms with Crippen LogP contribution in [0, 0.1) is 0 Å². The molecular weight excluding hydrogens is 374 g/mol. The number of hydrogen-bond acceptors (Lipinski definition) is 5. The summed E-state index contributed by atoms with van der Waals surface area (Å²) in [6.45, 7) is 0.0507. The van der Waals surface area contributed by atoms with E-state index in [1.807, 2.05) is 35.0 Å². The van der Waals surface area contributed by atoms with Crippen molar-refractivity contribution < 1.29 is 9.59 Å². The summed E-state index contributed by atoms with van der Waals surface area (Å²) in [6, 6.07) is 10.0. The molecule has 8 heteroatoms. The second-order valence-corrected chi connectivity index (χ2v) is 7.99. The summed E-state index contributed by atoms with van der Waals surface area (Å²) in [5.74, 6) is 1.29. The van der Waals surface area contributed by atoms with E-state index in [1.165, 1.54) is 35.9 Å². The third-order valence-electron chi connectivity index (χ3n) is 4.99. The van der Waals surface area contributed by atoms with E-state index in [2.05, 4.69) is 10.4 Å². The predicted molar refractivity (Wildman–Crippen MR) is 110 cm³/mol. The van der Waals surface area contributed by atoms with Gasteiger partial charge in [-0.25, -0.2) is 9.67 Å². The third kappa shape index (κ3) is 5.13. The van der Waals surface area contributed by atoms with Crippen LogP contribution in [0.2, 0.25) is 0 Å². The molecule has 1 aromatic carbocycles. The maximum atomic E-state index is 12.3. The molecule has 1 aliphatic carbocycles. The number of likely N-dealkylation sites (N-methyl/N-ethyl adjacent to an activating group) is 2. The smallest absolute Gasteiger partial charge is 0.239 e. The molecule has 0 spiro atoms. The Hall–Kier alpha value is -2.35. The third-order valence-corrected chi connectivity index (χ3v) is 5.82. The van der Waals surface area contributed by atoms with Gasteiger partial charge in [-0.1, -0.05) is 49.2 Å². The molecule has 7 nitrogen and oxygen atoms in total. The van der Waals surface area contributed by atoms with E-state index in [-0.39, 0.29) is 24.1 Å². The number of aromatic nitrogens is 3. The van der Waals surface area contributed by atoms with Gasteiger partial charge in [0.05, 0.1) is 18.0 Å². The minimum atomic E-state index is -0.188. The number of benzene rings is 1. The fraction of sp³-hybridized carbons (Fsp3) is 0.500. The minimum absolute atomic E-state index is 0.0507. The Morgan fingerprint density at radius 2 is 1.93 bits per heavy atom. The molecule has 2 amide bonds. The quantitative estimate of drug-likeness (QED) is 0.722. The summed E-state index contributed by atoms with van der Waals surface area (Å²) in [5, 5.41) is 7.81. The predicted octanol–water partition coefficient (Wildman–Crippen LogP) is 2.61. The first kappa shape index (κ1) is 20.4. The zero-order chi connectivity index (χ0) is 19.9. The van der Waals surface area contributed by atoms with E-state index in [9.17, 15) is 9.59 Å². The highest BCUT2D eigenvalue weighted by Crippen LogP contribution is 2.33. The van der Waals surface area contributed by atoms with Crippen LogP contribution in [0.4, 0.5) is 0 Å². The molecule has 0 aliphatic heterocycles. The van der Waals surface area contributed by atoms with E-state index in [1.54, 1.807) is 14.1 Å². The van der Waals surface area contributed by atoms with E-state index >= 15 is 0 Å². The van der Waals surface area contributed by atoms with Crippen LogP contribution < -0.4 is 5.32 Å². The number of nitrogens with one attached hydrogen (secondary N) is 1. The SMILES string of the molecule is CNC(=O)CN(C)C(=O)CSc1nc(C2CCCCC2)n(-c2ccccc2)n1. The van der Waals surface area contributed by atoms with Crippen molar-refractivity contribution in [2.24, 2.45) is 0 Å². The molecular formula is C20H27N5O2S. The minimum Gasteiger partial charge on any atom is -0.358 e. The molecule has 0 atom stereocenters. The van der Waals surface area contributed by atoms with Gasteiger partial charge in [0.2, 0.25) is 17.0 Å². The highest BCUT2D eigenvalue weighted by Gasteiger charge is 2.24. The van der Waals surface area contributed by atoms with Crippen molar-refractivity contribution in [3.05, 3.63) is 36.2 Å². The summed E-state index contributed by atoms with van der Waals surface area (Å²) >= 11 is 1.32. The van der Waals surface area contributed by atoms with Gasteiger partial charge in [-0.15, -0.1) is 5.10 Å². The van der Waals surface area contributed by atoms with Crippen molar-refractivity contribution >= 4 is 23.6 Å². The van der Waals surface area contributed by atoms with E-state index < -0.39 is 0 Å². The van der Waals surface area contributed by atoms with E-state index in [0.29, 0.717) is 11.1 Å². The summed E-state index contributed by atoms with van der Waals surface area (Å²) in [7, 11) is 3.18. The number of amides is 2. The summed E-state index contributed by atoms with van der Waals surface area (Å²) in [5.41, 5.74) is 0.991. The fourth-order valence-electron chi connectivity index (χ4n) is 3.37. The molecule has 1 heterocycles. The number of nitrogens with zero attached hydrogens (tertiary/aromatic N) is 4. The van der Waals surface area contributed by atoms with Crippen molar-refractivity contribution in [3.63, 3.8) is 0 Å². The average molecular weight is 402 g/mol. The molecule has 0 bridgehead atoms. The highest BCUT2D eigenvalue weighted by atomic mass is 32.2. The first-order chi connectivity index (χ1) is 13.6. The van der Waals surface area contributed by atoms with Gasteiger partial charge < -0.3 is 10.2 Å². The summed E-state index contributed by atoms with van der Waals surface area (Å²) in [6.07, 6.45) is 5.98. The first-order valence-electron chi connectivity index (χ1n) is 9.68. The van der Waals surface area contributed by atoms with Crippen LogP contribution in [-0.4, -0.2) is 57.9 Å². The van der Waals surface area contributed by atoms with Crippen molar-refractivity contribution in [2.45, 2.75) is 43.2 Å². The Labute approximate surface area is 169 Å². The Kier molecular flexibility index (Phi) is 7.08. The normalized spacial score (nSPS) is 14.6. The Morgan fingerprint density at radius 3 is 2.61 bits per heavy atom. The van der Waals surface area contributed by atoms with Gasteiger partial charge in [0.1, 0.15) is 5.82 Å². The summed E-state index contributed by atoms with van der Waals surface area (Å²) < 4.78 is 1.93. The van der Waals surface area contributed by atoms with Crippen molar-refractivity contribution in [3.8, 4) is 5.69 Å². The molecule has 1 saturated carbocycles. The van der Waals surface area contributed by atoms with Gasteiger partial charge in [-0.3, -0.25) is 9.59 Å². The van der Waals surface area contributed by atoms with Gasteiger partial charge in [-0.2, -0.15) is 0 Å². The van der Waals surface area contributed by atoms with E-state index in [4.69, 9.17) is 4.98 Å². The maximum absolute atomic E-state index is 12.3. The molecule has 1 N–H and O–H groups in total. The molecule has 0 unspecified atom stereocenters. The van der Waals surface area contributed by atoms with Crippen LogP contribution in [0.15, 0.2) is 35.5 Å². The lowest BCUT2D eigenvalue weighted by atomic mass is 9.88. The van der Waals surface area contributed by atoms with Gasteiger partial charge in [0.25, 0.3) is 0 Å². The zero-order valence-electron chi connectivity index (χ0n) is 16.4. The molecule has 1 aromatic heterocycles. The van der Waals surface area contributed by atoms with Gasteiger partial charge >= 0.3 is 0 Å². The highest BCUT2D eigenvalue weighted by molar-refractivity contribution is 7.99. The van der Waals surface area contributed by atoms with Crippen molar-refractivity contribution in [1.82, 2.24) is 25.0 Å². The molecule has 0 radical (unpaired) electrons. The van der Waals surface area contributed by atoms with Gasteiger partial charge in [0, 0.05) is 20.0 Å². The largest absolute Gasteiger partial charge is 0.358 e. The molecule has 150 valence electrons. The molecule has 28 heavy (non-hydrogen) atoms. The van der Waals surface area contributed by atoms with Crippen LogP contribution in [0.5, 0.6) is 0 Å². The fourth-order valence-corrected chi connectivity index (χ4v) is 4.14. The number of carbonyl (C=O) groups is 2. The van der Waals surface area contributed by atoms with Crippen LogP contribution in [0.25, 0.3) is 5.69 Å². The zero-order valence-corrected chi connectivity index (χ0v) is 17.2. The molecule has 1 aliphatic rings. The lowest BCUT2D eigenvalue weighted by Gasteiger charge is -2.21. The van der Waals surface area contributed by atoms with Crippen LogP contribution in [0.3, 0.4) is 0 Å². The average Bonchev–Trinajstić information content (AvgIpc) is 3.17.